The van der Waals surface area contributed by atoms with Gasteiger partial charge in [-0.1, -0.05) is 35.9 Å². The van der Waals surface area contributed by atoms with E-state index in [0.717, 1.165) is 15.7 Å². The zero-order valence-electron chi connectivity index (χ0n) is 19.2. The summed E-state index contributed by atoms with van der Waals surface area (Å²) in [6.07, 6.45) is 0. The van der Waals surface area contributed by atoms with Crippen molar-refractivity contribution in [3.05, 3.63) is 90.9 Å². The fourth-order valence-corrected chi connectivity index (χ4v) is 5.06. The van der Waals surface area contributed by atoms with E-state index in [1.165, 1.54) is 23.3 Å². The van der Waals surface area contributed by atoms with Crippen LogP contribution >= 0.6 is 11.3 Å². The lowest BCUT2D eigenvalue weighted by Gasteiger charge is -2.13. The maximum Gasteiger partial charge on any atom is 0.337 e. The SMILES string of the molecule is COc1cccc(-n2c(=O)c3c(C)c(C(=O)N(C)C)sc3n(Cc3ccc(C)cc3)c2=O)c1. The van der Waals surface area contributed by atoms with Gasteiger partial charge in [0.05, 0.1) is 29.6 Å². The van der Waals surface area contributed by atoms with Crippen molar-refractivity contribution in [2.24, 2.45) is 0 Å². The minimum Gasteiger partial charge on any atom is -0.497 e. The second-order valence-corrected chi connectivity index (χ2v) is 9.13. The Hall–Kier alpha value is -3.65. The van der Waals surface area contributed by atoms with Gasteiger partial charge in [-0.25, -0.2) is 9.36 Å². The van der Waals surface area contributed by atoms with Crippen molar-refractivity contribution in [3.8, 4) is 11.4 Å². The molecule has 2 aromatic heterocycles. The highest BCUT2D eigenvalue weighted by atomic mass is 32.1. The number of fused-ring (bicyclic) bond motifs is 1. The van der Waals surface area contributed by atoms with E-state index in [9.17, 15) is 14.4 Å². The van der Waals surface area contributed by atoms with Gasteiger partial charge in [0.1, 0.15) is 10.6 Å². The van der Waals surface area contributed by atoms with Gasteiger partial charge in [0.15, 0.2) is 0 Å². The molecule has 0 saturated carbocycles. The van der Waals surface area contributed by atoms with E-state index in [1.807, 2.05) is 31.2 Å². The van der Waals surface area contributed by atoms with Crippen molar-refractivity contribution in [3.63, 3.8) is 0 Å². The van der Waals surface area contributed by atoms with Crippen LogP contribution in [-0.4, -0.2) is 41.1 Å². The molecule has 0 bridgehead atoms. The van der Waals surface area contributed by atoms with E-state index in [4.69, 9.17) is 4.74 Å². The van der Waals surface area contributed by atoms with E-state index in [1.54, 1.807) is 49.9 Å². The number of carbonyl (C=O) groups excluding carboxylic acids is 1. The Morgan fingerprint density at radius 1 is 1.06 bits per heavy atom. The van der Waals surface area contributed by atoms with Gasteiger partial charge in [-0.2, -0.15) is 0 Å². The second-order valence-electron chi connectivity index (χ2n) is 8.13. The Kier molecular flexibility index (Phi) is 5.95. The van der Waals surface area contributed by atoms with Gasteiger partial charge in [-0.15, -0.1) is 11.3 Å². The maximum absolute atomic E-state index is 13.7. The summed E-state index contributed by atoms with van der Waals surface area (Å²) in [5.41, 5.74) is 2.11. The van der Waals surface area contributed by atoms with E-state index in [2.05, 4.69) is 0 Å². The molecule has 0 saturated heterocycles. The van der Waals surface area contributed by atoms with Crippen molar-refractivity contribution in [2.45, 2.75) is 20.4 Å². The number of amides is 1. The highest BCUT2D eigenvalue weighted by Crippen LogP contribution is 2.29. The molecule has 0 aliphatic rings. The molecule has 8 heteroatoms. The molecular weight excluding hydrogens is 438 g/mol. The zero-order chi connectivity index (χ0) is 23.9. The summed E-state index contributed by atoms with van der Waals surface area (Å²) < 4.78 is 8.02. The maximum atomic E-state index is 13.7. The number of ether oxygens (including phenoxy) is 1. The number of aryl methyl sites for hydroxylation is 2. The van der Waals surface area contributed by atoms with Crippen LogP contribution in [0.2, 0.25) is 0 Å². The molecule has 0 aliphatic heterocycles. The predicted octanol–water partition coefficient (Wildman–Crippen LogP) is 3.59. The first-order valence-corrected chi connectivity index (χ1v) is 11.2. The molecule has 0 spiro atoms. The first kappa shape index (κ1) is 22.5. The van der Waals surface area contributed by atoms with Crippen LogP contribution in [0, 0.1) is 13.8 Å². The lowest BCUT2D eigenvalue weighted by atomic mass is 10.1. The Labute approximate surface area is 195 Å². The van der Waals surface area contributed by atoms with Crippen LogP contribution in [0.5, 0.6) is 5.75 Å². The van der Waals surface area contributed by atoms with Gasteiger partial charge in [0, 0.05) is 20.2 Å². The summed E-state index contributed by atoms with van der Waals surface area (Å²) in [5, 5.41) is 0.375. The summed E-state index contributed by atoms with van der Waals surface area (Å²) in [7, 11) is 4.86. The smallest absolute Gasteiger partial charge is 0.337 e. The third-order valence-electron chi connectivity index (χ3n) is 5.59. The van der Waals surface area contributed by atoms with Crippen molar-refractivity contribution in [2.75, 3.05) is 21.2 Å². The van der Waals surface area contributed by atoms with Crippen LogP contribution in [-0.2, 0) is 6.54 Å². The van der Waals surface area contributed by atoms with Gasteiger partial charge in [0.2, 0.25) is 0 Å². The summed E-state index contributed by atoms with van der Waals surface area (Å²) in [5.74, 6) is 0.338. The van der Waals surface area contributed by atoms with Crippen molar-refractivity contribution in [1.29, 1.82) is 0 Å². The Bertz CT molecular complexity index is 1480. The van der Waals surface area contributed by atoms with Gasteiger partial charge in [-0.05, 0) is 37.1 Å². The second kappa shape index (κ2) is 8.71. The quantitative estimate of drug-likeness (QED) is 0.453. The van der Waals surface area contributed by atoms with Crippen molar-refractivity contribution in [1.82, 2.24) is 14.0 Å². The highest BCUT2D eigenvalue weighted by molar-refractivity contribution is 7.20. The zero-order valence-corrected chi connectivity index (χ0v) is 20.0. The molecule has 0 aliphatic carbocycles. The molecule has 2 aromatic carbocycles. The lowest BCUT2D eigenvalue weighted by Crippen LogP contribution is -2.38. The van der Waals surface area contributed by atoms with Crippen LogP contribution in [0.15, 0.2) is 58.1 Å². The van der Waals surface area contributed by atoms with Gasteiger partial charge in [0.25, 0.3) is 11.5 Å². The topological polar surface area (TPSA) is 73.5 Å². The van der Waals surface area contributed by atoms with Crippen LogP contribution < -0.4 is 16.0 Å². The number of nitrogens with zero attached hydrogens (tertiary/aromatic N) is 3. The van der Waals surface area contributed by atoms with Crippen LogP contribution in [0.4, 0.5) is 0 Å². The Balaban J connectivity index is 2.07. The number of methoxy groups -OCH3 is 1. The summed E-state index contributed by atoms with van der Waals surface area (Å²) in [6.45, 7) is 4.03. The molecule has 0 unspecified atom stereocenters. The number of hydrogen-bond acceptors (Lipinski definition) is 5. The number of rotatable bonds is 5. The summed E-state index contributed by atoms with van der Waals surface area (Å²) in [6, 6.07) is 14.7. The van der Waals surface area contributed by atoms with Gasteiger partial charge in [-0.3, -0.25) is 14.2 Å². The molecule has 4 rings (SSSR count). The molecule has 7 nitrogen and oxygen atoms in total. The van der Waals surface area contributed by atoms with Crippen LogP contribution in [0.25, 0.3) is 15.9 Å². The first-order valence-electron chi connectivity index (χ1n) is 10.4. The number of aromatic nitrogens is 2. The molecule has 4 aromatic rings. The molecule has 2 heterocycles. The fraction of sp³-hybridized carbons (Fsp3) is 0.240. The van der Waals surface area contributed by atoms with Crippen LogP contribution in [0.3, 0.4) is 0 Å². The normalized spacial score (nSPS) is 11.1. The van der Waals surface area contributed by atoms with E-state index in [-0.39, 0.29) is 12.5 Å². The van der Waals surface area contributed by atoms with Gasteiger partial charge < -0.3 is 9.64 Å². The van der Waals surface area contributed by atoms with E-state index in [0.29, 0.717) is 32.1 Å². The van der Waals surface area contributed by atoms with E-state index < -0.39 is 11.2 Å². The molecule has 0 radical (unpaired) electrons. The molecule has 170 valence electrons. The average Bonchev–Trinajstić information content (AvgIpc) is 3.14. The molecule has 0 atom stereocenters. The summed E-state index contributed by atoms with van der Waals surface area (Å²) in [4.78, 5) is 42.5. The number of hydrogen-bond donors (Lipinski definition) is 0. The standard InChI is InChI=1S/C25H25N3O4S/c1-15-9-11-17(12-10-15)14-27-24-20(16(2)21(33-24)23(30)26(3)4)22(29)28(25(27)31)18-7-6-8-19(13-18)32-5/h6-13H,14H2,1-5H3. The largest absolute Gasteiger partial charge is 0.497 e. The fourth-order valence-electron chi connectivity index (χ4n) is 3.75. The molecule has 0 fully saturated rings. The molecular formula is C25H25N3O4S. The third kappa shape index (κ3) is 3.98. The average molecular weight is 464 g/mol. The van der Waals surface area contributed by atoms with Crippen molar-refractivity contribution < 1.29 is 9.53 Å². The Morgan fingerprint density at radius 2 is 1.76 bits per heavy atom. The minimum atomic E-state index is -0.466. The highest BCUT2D eigenvalue weighted by Gasteiger charge is 2.24. The Morgan fingerprint density at radius 3 is 2.39 bits per heavy atom. The monoisotopic (exact) mass is 463 g/mol. The first-order chi connectivity index (χ1) is 15.7. The predicted molar refractivity (Wildman–Crippen MR) is 131 cm³/mol. The lowest BCUT2D eigenvalue weighted by molar-refractivity contribution is 0.0831. The van der Waals surface area contributed by atoms with Gasteiger partial charge >= 0.3 is 5.69 Å². The van der Waals surface area contributed by atoms with Crippen molar-refractivity contribution >= 4 is 27.5 Å². The minimum absolute atomic E-state index is 0.199. The summed E-state index contributed by atoms with van der Waals surface area (Å²) >= 11 is 1.18. The van der Waals surface area contributed by atoms with E-state index >= 15 is 0 Å². The third-order valence-corrected chi connectivity index (χ3v) is 6.89. The molecule has 33 heavy (non-hydrogen) atoms. The molecule has 1 amide bonds. The number of carbonyl (C=O) groups is 1. The number of thiophene rings is 1. The molecule has 0 N–H and O–H groups in total. The van der Waals surface area contributed by atoms with Crippen LogP contribution in [0.1, 0.15) is 26.4 Å². The number of benzene rings is 2.